The van der Waals surface area contributed by atoms with Crippen LogP contribution in [-0.2, 0) is 14.4 Å². The summed E-state index contributed by atoms with van der Waals surface area (Å²) >= 11 is 0. The fraction of sp³-hybridized carbons (Fsp3) is 0.432. The van der Waals surface area contributed by atoms with Crippen LogP contribution in [-0.4, -0.2) is 56.1 Å². The van der Waals surface area contributed by atoms with Gasteiger partial charge in [-0.1, -0.05) is 31.2 Å². The molecule has 3 aliphatic rings. The molecule has 7 rings (SSSR count). The number of nitrogens with one attached hydrogen (secondary N) is 1. The van der Waals surface area contributed by atoms with Crippen molar-refractivity contribution in [3.05, 3.63) is 77.4 Å². The van der Waals surface area contributed by atoms with Crippen molar-refractivity contribution in [3.8, 4) is 28.1 Å². The van der Waals surface area contributed by atoms with Gasteiger partial charge in [0.05, 0.1) is 28.0 Å². The van der Waals surface area contributed by atoms with E-state index in [4.69, 9.17) is 24.4 Å². The van der Waals surface area contributed by atoms with Crippen molar-refractivity contribution < 1.29 is 28.6 Å². The Morgan fingerprint density at radius 3 is 2.58 bits per heavy atom. The molecule has 6 bridgehead atoms. The number of hydrogen-bond acceptors (Lipinski definition) is 8. The smallest absolute Gasteiger partial charge is 0.337 e. The maximum absolute atomic E-state index is 15.9. The zero-order valence-corrected chi connectivity index (χ0v) is 28.6. The first kappa shape index (κ1) is 33.4. The van der Waals surface area contributed by atoms with E-state index in [-0.39, 0.29) is 11.9 Å². The molecule has 2 N–H and O–H groups in total. The van der Waals surface area contributed by atoms with Gasteiger partial charge in [0.1, 0.15) is 23.5 Å². The fourth-order valence-corrected chi connectivity index (χ4v) is 6.36. The number of aliphatic carboxylic acids is 1. The first-order valence-corrected chi connectivity index (χ1v) is 16.5. The molecule has 3 aliphatic heterocycles. The molecule has 0 aliphatic carbocycles. The predicted octanol–water partition coefficient (Wildman–Crippen LogP) is 7.32. The van der Waals surface area contributed by atoms with Gasteiger partial charge < -0.3 is 19.5 Å². The molecule has 2 atom stereocenters. The second-order valence-corrected chi connectivity index (χ2v) is 13.9. The summed E-state index contributed by atoms with van der Waals surface area (Å²) in [6.45, 7) is 14.3. The number of nitrogens with zero attached hydrogens (tertiary/aromatic N) is 4. The summed E-state index contributed by atoms with van der Waals surface area (Å²) in [7, 11) is 0. The Balaban J connectivity index is 1.58. The SMILES string of the molecule is CCC1C=CNOC2(C)CCN(CC2)c2c(C(OC(C)(C)C)C(=O)O)c(C)nc3cc(nn23)-c2cccc(c2)-c2c(ccc(C)c2F)O1. The summed E-state index contributed by atoms with van der Waals surface area (Å²) in [5.41, 5.74) is 6.22. The van der Waals surface area contributed by atoms with Gasteiger partial charge in [-0.3, -0.25) is 10.3 Å². The van der Waals surface area contributed by atoms with Crippen LogP contribution in [0.5, 0.6) is 5.75 Å². The normalized spacial score (nSPS) is 20.4. The Morgan fingerprint density at radius 2 is 1.90 bits per heavy atom. The third kappa shape index (κ3) is 6.61. The van der Waals surface area contributed by atoms with Gasteiger partial charge in [-0.2, -0.15) is 9.61 Å². The summed E-state index contributed by atoms with van der Waals surface area (Å²) < 4.78 is 30.2. The van der Waals surface area contributed by atoms with Crippen LogP contribution < -0.4 is 15.1 Å². The van der Waals surface area contributed by atoms with Crippen molar-refractivity contribution in [3.63, 3.8) is 0 Å². The Labute approximate surface area is 280 Å². The van der Waals surface area contributed by atoms with E-state index in [0.717, 1.165) is 5.56 Å². The molecule has 0 amide bonds. The molecule has 10 nitrogen and oxygen atoms in total. The Morgan fingerprint density at radius 1 is 1.17 bits per heavy atom. The third-order valence-electron chi connectivity index (χ3n) is 8.99. The van der Waals surface area contributed by atoms with Crippen LogP contribution in [0.25, 0.3) is 28.0 Å². The zero-order valence-electron chi connectivity index (χ0n) is 28.6. The van der Waals surface area contributed by atoms with Crippen LogP contribution in [0.2, 0.25) is 0 Å². The average molecular weight is 658 g/mol. The number of carbonyl (C=O) groups is 1. The molecule has 48 heavy (non-hydrogen) atoms. The van der Waals surface area contributed by atoms with Gasteiger partial charge in [0, 0.05) is 36.6 Å². The second-order valence-electron chi connectivity index (χ2n) is 13.9. The molecule has 2 unspecified atom stereocenters. The van der Waals surface area contributed by atoms with E-state index >= 15 is 4.39 Å². The van der Waals surface area contributed by atoms with Crippen molar-refractivity contribution in [1.82, 2.24) is 20.1 Å². The van der Waals surface area contributed by atoms with Crippen LogP contribution in [0.15, 0.2) is 54.7 Å². The van der Waals surface area contributed by atoms with Crippen LogP contribution >= 0.6 is 0 Å². The summed E-state index contributed by atoms with van der Waals surface area (Å²) in [6, 6.07) is 13.0. The maximum Gasteiger partial charge on any atom is 0.337 e. The number of aryl methyl sites for hydroxylation is 2. The third-order valence-corrected chi connectivity index (χ3v) is 8.99. The minimum Gasteiger partial charge on any atom is -0.486 e. The van der Waals surface area contributed by atoms with Crippen molar-refractivity contribution in [2.45, 2.75) is 91.1 Å². The second kappa shape index (κ2) is 12.9. The molecule has 1 fully saturated rings. The van der Waals surface area contributed by atoms with Gasteiger partial charge in [0.15, 0.2) is 11.8 Å². The molecule has 0 saturated carbocycles. The van der Waals surface area contributed by atoms with Crippen LogP contribution in [0.4, 0.5) is 10.2 Å². The quantitative estimate of drug-likeness (QED) is 0.233. The van der Waals surface area contributed by atoms with Gasteiger partial charge in [-0.15, -0.1) is 0 Å². The number of hydroxylamine groups is 1. The van der Waals surface area contributed by atoms with Gasteiger partial charge in [0.25, 0.3) is 0 Å². The lowest BCUT2D eigenvalue weighted by Gasteiger charge is -2.40. The number of hydrogen-bond donors (Lipinski definition) is 2. The zero-order chi connectivity index (χ0) is 34.4. The first-order valence-electron chi connectivity index (χ1n) is 16.5. The predicted molar refractivity (Wildman–Crippen MR) is 182 cm³/mol. The minimum atomic E-state index is -1.28. The highest BCUT2D eigenvalue weighted by Crippen LogP contribution is 2.40. The van der Waals surface area contributed by atoms with E-state index < -0.39 is 23.3 Å². The Bertz CT molecular complexity index is 1870. The van der Waals surface area contributed by atoms with Crippen molar-refractivity contribution in [1.29, 1.82) is 0 Å². The number of piperidine rings is 1. The molecular weight excluding hydrogens is 613 g/mol. The number of carboxylic acids is 1. The minimum absolute atomic E-state index is 0.331. The fourth-order valence-electron chi connectivity index (χ4n) is 6.36. The number of aromatic nitrogens is 3. The number of benzene rings is 2. The number of halogens is 1. The standard InChI is InChI=1S/C37H44FN5O5/c1-8-26-14-17-39-48-37(7)15-18-42(19-16-37)34-30(33(35(44)45)47-36(4,5)6)23(3)40-29-21-27(41-43(29)34)24-10-9-11-25(20-24)31-28(46-26)13-12-22(2)32(31)38/h9-14,17,20-21,26,33,39H,8,15-16,18-19H2,1-7H3,(H,44,45). The summed E-state index contributed by atoms with van der Waals surface area (Å²) in [4.78, 5) is 26.0. The molecule has 4 aromatic rings. The molecule has 0 radical (unpaired) electrons. The molecule has 1 saturated heterocycles. The highest BCUT2D eigenvalue weighted by molar-refractivity contribution is 5.80. The van der Waals surface area contributed by atoms with E-state index in [1.807, 2.05) is 71.0 Å². The first-order chi connectivity index (χ1) is 22.8. The van der Waals surface area contributed by atoms with Crippen molar-refractivity contribution >= 4 is 17.4 Å². The van der Waals surface area contributed by atoms with Crippen LogP contribution in [0.1, 0.15) is 76.8 Å². The summed E-state index contributed by atoms with van der Waals surface area (Å²) in [5.74, 6) is -0.408. The highest BCUT2D eigenvalue weighted by Gasteiger charge is 2.38. The molecule has 11 heteroatoms. The van der Waals surface area contributed by atoms with E-state index in [0.29, 0.717) is 83.2 Å². The van der Waals surface area contributed by atoms with E-state index in [2.05, 4.69) is 17.3 Å². The number of ether oxygens (including phenoxy) is 2. The van der Waals surface area contributed by atoms with Crippen LogP contribution in [0.3, 0.4) is 0 Å². The van der Waals surface area contributed by atoms with Crippen molar-refractivity contribution in [2.24, 2.45) is 0 Å². The Hall–Kier alpha value is -4.48. The lowest BCUT2D eigenvalue weighted by atomic mass is 9.93. The van der Waals surface area contributed by atoms with Gasteiger partial charge in [0.2, 0.25) is 0 Å². The van der Waals surface area contributed by atoms with Crippen LogP contribution in [0, 0.1) is 19.7 Å². The maximum atomic E-state index is 15.9. The molecule has 2 aromatic carbocycles. The summed E-state index contributed by atoms with van der Waals surface area (Å²) in [5, 5.41) is 15.5. The number of rotatable bonds is 4. The van der Waals surface area contributed by atoms with E-state index in [1.54, 1.807) is 29.8 Å². The molecule has 254 valence electrons. The van der Waals surface area contributed by atoms with Gasteiger partial charge in [-0.05, 0) is 90.1 Å². The molecule has 0 spiro atoms. The van der Waals surface area contributed by atoms with E-state index in [9.17, 15) is 9.90 Å². The summed E-state index contributed by atoms with van der Waals surface area (Å²) in [6.07, 6.45) is 3.97. The average Bonchev–Trinajstić information content (AvgIpc) is 3.46. The highest BCUT2D eigenvalue weighted by atomic mass is 19.1. The molecule has 2 aromatic heterocycles. The van der Waals surface area contributed by atoms with Gasteiger partial charge >= 0.3 is 5.97 Å². The van der Waals surface area contributed by atoms with E-state index in [1.165, 1.54) is 0 Å². The number of anilines is 1. The monoisotopic (exact) mass is 657 g/mol. The van der Waals surface area contributed by atoms with Crippen molar-refractivity contribution in [2.75, 3.05) is 18.0 Å². The lowest BCUT2D eigenvalue weighted by Crippen LogP contribution is -2.47. The topological polar surface area (TPSA) is 110 Å². The molecular formula is C37H44FN5O5. The lowest BCUT2D eigenvalue weighted by molar-refractivity contribution is -0.160. The Kier molecular flexibility index (Phi) is 8.95. The van der Waals surface area contributed by atoms with Gasteiger partial charge in [-0.25, -0.2) is 14.2 Å². The largest absolute Gasteiger partial charge is 0.486 e. The number of carboxylic acid groups (broad SMARTS) is 1. The molecule has 5 heterocycles. The number of fused-ring (bicyclic) bond motifs is 6.